The number of ether oxygens (including phenoxy) is 1. The van der Waals surface area contributed by atoms with Crippen molar-refractivity contribution in [3.05, 3.63) is 59.2 Å². The van der Waals surface area contributed by atoms with Gasteiger partial charge >= 0.3 is 0 Å². The molecule has 192 valence electrons. The van der Waals surface area contributed by atoms with Crippen LogP contribution in [0.15, 0.2) is 36.5 Å². The van der Waals surface area contributed by atoms with Gasteiger partial charge in [0.1, 0.15) is 11.5 Å². The molecule has 8 nitrogen and oxygen atoms in total. The first-order valence-corrected chi connectivity index (χ1v) is 13.5. The zero-order chi connectivity index (χ0) is 24.5. The van der Waals surface area contributed by atoms with E-state index in [-0.39, 0.29) is 0 Å². The van der Waals surface area contributed by atoms with Crippen molar-refractivity contribution in [2.45, 2.75) is 38.4 Å². The number of morpholine rings is 1. The average molecular weight is 490 g/mol. The van der Waals surface area contributed by atoms with Gasteiger partial charge in [-0.2, -0.15) is 0 Å². The van der Waals surface area contributed by atoms with Gasteiger partial charge < -0.3 is 14.5 Å². The highest BCUT2D eigenvalue weighted by molar-refractivity contribution is 5.55. The molecule has 0 aromatic carbocycles. The van der Waals surface area contributed by atoms with Gasteiger partial charge in [-0.05, 0) is 57.1 Å². The number of aryl methyl sites for hydroxylation is 1. The van der Waals surface area contributed by atoms with Crippen LogP contribution in [0.2, 0.25) is 0 Å². The molecule has 1 unspecified atom stereocenters. The number of hydrogen-bond donors (Lipinski definition) is 0. The lowest BCUT2D eigenvalue weighted by molar-refractivity contribution is 0.0333. The summed E-state index contributed by atoms with van der Waals surface area (Å²) in [5, 5.41) is 0. The maximum Gasteiger partial charge on any atom is 0.138 e. The Hall–Kier alpha value is -2.52. The van der Waals surface area contributed by atoms with Gasteiger partial charge in [0.25, 0.3) is 0 Å². The molecule has 1 atom stereocenters. The van der Waals surface area contributed by atoms with Crippen molar-refractivity contribution in [3.8, 4) is 0 Å². The molecule has 0 saturated carbocycles. The molecule has 0 spiro atoms. The van der Waals surface area contributed by atoms with Crippen molar-refractivity contribution in [2.24, 2.45) is 0 Å². The molecule has 2 fully saturated rings. The number of likely N-dealkylation sites (N-methyl/N-ethyl adjacent to an activating group) is 1. The lowest BCUT2D eigenvalue weighted by Gasteiger charge is -2.35. The maximum atomic E-state index is 5.65. The number of pyridine rings is 2. The van der Waals surface area contributed by atoms with Crippen LogP contribution in [0.3, 0.4) is 0 Å². The van der Waals surface area contributed by atoms with Crippen molar-refractivity contribution in [2.75, 3.05) is 71.5 Å². The Balaban J connectivity index is 1.36. The summed E-state index contributed by atoms with van der Waals surface area (Å²) in [5.41, 5.74) is 6.23. The fourth-order valence-electron chi connectivity index (χ4n) is 6.08. The summed E-state index contributed by atoms with van der Waals surface area (Å²) < 4.78 is 8.09. The highest BCUT2D eigenvalue weighted by Gasteiger charge is 2.28. The van der Waals surface area contributed by atoms with E-state index in [1.54, 1.807) is 0 Å². The summed E-state index contributed by atoms with van der Waals surface area (Å²) in [6.07, 6.45) is 5.45. The van der Waals surface area contributed by atoms with E-state index in [0.29, 0.717) is 6.04 Å². The Morgan fingerprint density at radius 1 is 1.03 bits per heavy atom. The van der Waals surface area contributed by atoms with E-state index in [2.05, 4.69) is 68.4 Å². The highest BCUT2D eigenvalue weighted by atomic mass is 16.5. The van der Waals surface area contributed by atoms with Gasteiger partial charge in [-0.15, -0.1) is 0 Å². The second-order valence-corrected chi connectivity index (χ2v) is 10.6. The van der Waals surface area contributed by atoms with Crippen LogP contribution in [-0.4, -0.2) is 95.6 Å². The quantitative estimate of drug-likeness (QED) is 0.528. The van der Waals surface area contributed by atoms with E-state index < -0.39 is 0 Å². The molecule has 6 rings (SSSR count). The van der Waals surface area contributed by atoms with E-state index in [4.69, 9.17) is 14.7 Å². The van der Waals surface area contributed by atoms with Gasteiger partial charge in [0.05, 0.1) is 36.3 Å². The molecule has 3 aromatic rings. The molecular weight excluding hydrogens is 450 g/mol. The fourth-order valence-corrected chi connectivity index (χ4v) is 6.08. The third-order valence-electron chi connectivity index (χ3n) is 8.20. The minimum absolute atomic E-state index is 0.341. The Morgan fingerprint density at radius 2 is 1.86 bits per heavy atom. The summed E-state index contributed by atoms with van der Waals surface area (Å²) >= 11 is 0. The lowest BCUT2D eigenvalue weighted by atomic mass is 9.91. The molecule has 3 aliphatic rings. The summed E-state index contributed by atoms with van der Waals surface area (Å²) in [4.78, 5) is 20.0. The zero-order valence-corrected chi connectivity index (χ0v) is 21.8. The van der Waals surface area contributed by atoms with Crippen LogP contribution in [0.5, 0.6) is 0 Å². The predicted molar refractivity (Wildman–Crippen MR) is 142 cm³/mol. The van der Waals surface area contributed by atoms with Crippen LogP contribution in [0.1, 0.15) is 41.5 Å². The highest BCUT2D eigenvalue weighted by Crippen LogP contribution is 2.33. The molecule has 1 aliphatic carbocycles. The molecule has 2 aliphatic heterocycles. The molecule has 0 bridgehead atoms. The second kappa shape index (κ2) is 10.5. The maximum absolute atomic E-state index is 5.65. The number of rotatable bonds is 6. The van der Waals surface area contributed by atoms with E-state index in [1.807, 2.05) is 6.20 Å². The van der Waals surface area contributed by atoms with E-state index in [9.17, 15) is 0 Å². The third kappa shape index (κ3) is 4.75. The number of aromatic nitrogens is 3. The van der Waals surface area contributed by atoms with E-state index >= 15 is 0 Å². The molecule has 0 N–H and O–H groups in total. The molecular formula is C28H39N7O. The van der Waals surface area contributed by atoms with Crippen LogP contribution >= 0.6 is 0 Å². The average Bonchev–Trinajstić information content (AvgIpc) is 3.26. The second-order valence-electron chi connectivity index (χ2n) is 10.6. The number of nitrogens with zero attached hydrogens (tertiary/aromatic N) is 7. The van der Waals surface area contributed by atoms with Crippen LogP contribution in [-0.2, 0) is 24.2 Å². The van der Waals surface area contributed by atoms with Crippen molar-refractivity contribution in [1.82, 2.24) is 29.1 Å². The SMILES string of the molecule is CN1CCN(c2cccc3nc(CN(C)C4CCCc5cccnc54)c(CN4CCOCC4)n23)CC1. The number of hydrogen-bond acceptors (Lipinski definition) is 7. The zero-order valence-electron chi connectivity index (χ0n) is 21.8. The van der Waals surface area contributed by atoms with E-state index in [1.165, 1.54) is 34.9 Å². The molecule has 2 saturated heterocycles. The largest absolute Gasteiger partial charge is 0.379 e. The first-order chi connectivity index (χ1) is 17.7. The van der Waals surface area contributed by atoms with Gasteiger partial charge in [-0.1, -0.05) is 12.1 Å². The van der Waals surface area contributed by atoms with Gasteiger partial charge in [-0.25, -0.2) is 4.98 Å². The van der Waals surface area contributed by atoms with Gasteiger partial charge in [0, 0.05) is 58.6 Å². The Labute approximate surface area is 214 Å². The molecule has 5 heterocycles. The predicted octanol–water partition coefficient (Wildman–Crippen LogP) is 2.82. The molecule has 0 radical (unpaired) electrons. The smallest absolute Gasteiger partial charge is 0.138 e. The Kier molecular flexibility index (Phi) is 6.93. The van der Waals surface area contributed by atoms with Gasteiger partial charge in [-0.3, -0.25) is 19.2 Å². The monoisotopic (exact) mass is 489 g/mol. The molecule has 36 heavy (non-hydrogen) atoms. The van der Waals surface area contributed by atoms with Crippen molar-refractivity contribution in [1.29, 1.82) is 0 Å². The minimum Gasteiger partial charge on any atom is -0.379 e. The van der Waals surface area contributed by atoms with Crippen molar-refractivity contribution in [3.63, 3.8) is 0 Å². The van der Waals surface area contributed by atoms with Gasteiger partial charge in [0.15, 0.2) is 0 Å². The number of piperazine rings is 1. The first kappa shape index (κ1) is 23.9. The summed E-state index contributed by atoms with van der Waals surface area (Å²) in [6.45, 7) is 9.56. The standard InChI is InChI=1S/C28H39N7O/c1-31-12-14-34(15-13-31)27-10-4-9-26-30-23(25(35(26)27)21-33-16-18-36-19-17-33)20-32(2)24-8-3-6-22-7-5-11-29-28(22)24/h4-5,7,9-11,24H,3,6,8,12-21H2,1-2H3. The van der Waals surface area contributed by atoms with Crippen LogP contribution in [0.4, 0.5) is 5.82 Å². The summed E-state index contributed by atoms with van der Waals surface area (Å²) in [5.74, 6) is 1.27. The summed E-state index contributed by atoms with van der Waals surface area (Å²) in [6, 6.07) is 11.3. The fraction of sp³-hybridized carbons (Fsp3) is 0.571. The van der Waals surface area contributed by atoms with E-state index in [0.717, 1.165) is 84.1 Å². The normalized spacial score (nSPS) is 21.9. The number of anilines is 1. The van der Waals surface area contributed by atoms with Crippen molar-refractivity contribution >= 4 is 11.5 Å². The lowest BCUT2D eigenvalue weighted by Crippen LogP contribution is -2.45. The molecule has 8 heteroatoms. The number of imidazole rings is 1. The minimum atomic E-state index is 0.341. The summed E-state index contributed by atoms with van der Waals surface area (Å²) in [7, 11) is 4.46. The molecule has 0 amide bonds. The topological polar surface area (TPSA) is 52.4 Å². The number of fused-ring (bicyclic) bond motifs is 2. The third-order valence-corrected chi connectivity index (χ3v) is 8.20. The van der Waals surface area contributed by atoms with Crippen LogP contribution in [0, 0.1) is 0 Å². The van der Waals surface area contributed by atoms with Crippen molar-refractivity contribution < 1.29 is 4.74 Å². The first-order valence-electron chi connectivity index (χ1n) is 13.5. The Morgan fingerprint density at radius 3 is 2.69 bits per heavy atom. The Bertz CT molecular complexity index is 1180. The van der Waals surface area contributed by atoms with Crippen LogP contribution < -0.4 is 4.90 Å². The molecule has 3 aromatic heterocycles. The van der Waals surface area contributed by atoms with Crippen LogP contribution in [0.25, 0.3) is 5.65 Å². The van der Waals surface area contributed by atoms with Gasteiger partial charge in [0.2, 0.25) is 0 Å².